The molecule has 0 amide bonds. The van der Waals surface area contributed by atoms with Gasteiger partial charge >= 0.3 is 0 Å². The Kier molecular flexibility index (Phi) is 4.93. The summed E-state index contributed by atoms with van der Waals surface area (Å²) in [5.41, 5.74) is 1.42. The molecule has 0 saturated carbocycles. The maximum absolute atomic E-state index is 12.0. The Morgan fingerprint density at radius 2 is 2.25 bits per heavy atom. The third kappa shape index (κ3) is 3.05. The lowest BCUT2D eigenvalue weighted by atomic mass is 9.94. The van der Waals surface area contributed by atoms with Gasteiger partial charge in [0.15, 0.2) is 0 Å². The molecule has 3 heteroatoms. The second kappa shape index (κ2) is 5.78. The fourth-order valence-corrected chi connectivity index (χ4v) is 3.29. The molecule has 3 atom stereocenters. The maximum atomic E-state index is 12.0. The van der Waals surface area contributed by atoms with Gasteiger partial charge in [0.2, 0.25) is 0 Å². The van der Waals surface area contributed by atoms with Gasteiger partial charge in [-0.2, -0.15) is 0 Å². The lowest BCUT2D eigenvalue weighted by Crippen LogP contribution is -2.38. The van der Waals surface area contributed by atoms with Crippen LogP contribution in [0.5, 0.6) is 0 Å². The third-order valence-electron chi connectivity index (χ3n) is 3.49. The summed E-state index contributed by atoms with van der Waals surface area (Å²) in [5.74, 6) is 0.482. The zero-order valence-corrected chi connectivity index (χ0v) is 11.6. The molecule has 0 saturated heterocycles. The van der Waals surface area contributed by atoms with Gasteiger partial charge in [-0.3, -0.25) is 0 Å². The number of allylic oxidation sites excluding steroid dienone is 2. The van der Waals surface area contributed by atoms with Crippen LogP contribution in [0.15, 0.2) is 23.1 Å². The number of hydrogen-bond donors (Lipinski definition) is 0. The predicted octanol–water partition coefficient (Wildman–Crippen LogP) is 3.25. The Bertz CT molecular complexity index is 322. The topological polar surface area (TPSA) is 20.3 Å². The van der Waals surface area contributed by atoms with Gasteiger partial charge in [0, 0.05) is 18.0 Å². The van der Waals surface area contributed by atoms with E-state index in [1.807, 2.05) is 18.3 Å². The molecule has 1 aliphatic rings. The summed E-state index contributed by atoms with van der Waals surface area (Å²) in [4.78, 5) is 0.737. The number of rotatable bonds is 3. The molecular formula is C13H23NOS. The highest BCUT2D eigenvalue weighted by Gasteiger charge is 2.27. The van der Waals surface area contributed by atoms with Gasteiger partial charge in [0.25, 0.3) is 0 Å². The second-order valence-electron chi connectivity index (χ2n) is 4.73. The van der Waals surface area contributed by atoms with Crippen LogP contribution >= 0.6 is 0 Å². The molecule has 0 fully saturated rings. The molecule has 0 N–H and O–H groups in total. The van der Waals surface area contributed by atoms with E-state index in [0.717, 1.165) is 17.7 Å². The molecule has 0 heterocycles. The molecule has 3 unspecified atom stereocenters. The Labute approximate surface area is 102 Å². The second-order valence-corrected chi connectivity index (χ2v) is 6.50. The van der Waals surface area contributed by atoms with E-state index in [2.05, 4.69) is 26.5 Å². The van der Waals surface area contributed by atoms with Crippen molar-refractivity contribution in [2.45, 2.75) is 46.1 Å². The van der Waals surface area contributed by atoms with E-state index in [0.29, 0.717) is 12.0 Å². The first kappa shape index (κ1) is 13.7. The van der Waals surface area contributed by atoms with Crippen molar-refractivity contribution in [1.82, 2.24) is 4.31 Å². The monoisotopic (exact) mass is 241 g/mol. The molecule has 1 rings (SSSR count). The van der Waals surface area contributed by atoms with Crippen molar-refractivity contribution in [2.75, 3.05) is 7.05 Å². The molecule has 0 aromatic heterocycles. The van der Waals surface area contributed by atoms with Crippen molar-refractivity contribution >= 4 is 11.0 Å². The van der Waals surface area contributed by atoms with Gasteiger partial charge < -0.3 is 0 Å². The van der Waals surface area contributed by atoms with Crippen molar-refractivity contribution < 1.29 is 4.21 Å². The summed E-state index contributed by atoms with van der Waals surface area (Å²) < 4.78 is 14.0. The van der Waals surface area contributed by atoms with Gasteiger partial charge in [0.05, 0.1) is 0 Å². The predicted molar refractivity (Wildman–Crippen MR) is 71.3 cm³/mol. The Morgan fingerprint density at radius 1 is 1.62 bits per heavy atom. The largest absolute Gasteiger partial charge is 0.238 e. The highest BCUT2D eigenvalue weighted by atomic mass is 32.2. The normalized spacial score (nSPS) is 28.4. The standard InChI is InChI=1S/C13H23NOS/c1-10(2)16(15)14(5)13-9-7-6-8-11(3)12(13)4/h8,12-13H,1,6-7,9H2,2-5H3. The molecule has 0 aliphatic heterocycles. The first-order chi connectivity index (χ1) is 7.45. The van der Waals surface area contributed by atoms with E-state index in [1.165, 1.54) is 12.0 Å². The van der Waals surface area contributed by atoms with E-state index in [4.69, 9.17) is 0 Å². The highest BCUT2D eigenvalue weighted by Crippen LogP contribution is 2.28. The molecular weight excluding hydrogens is 218 g/mol. The fraction of sp³-hybridized carbons (Fsp3) is 0.692. The van der Waals surface area contributed by atoms with Crippen LogP contribution in [-0.4, -0.2) is 21.6 Å². The molecule has 1 aliphatic carbocycles. The van der Waals surface area contributed by atoms with Crippen LogP contribution in [0, 0.1) is 5.92 Å². The number of nitrogens with zero attached hydrogens (tertiary/aromatic N) is 1. The van der Waals surface area contributed by atoms with Crippen LogP contribution in [0.2, 0.25) is 0 Å². The van der Waals surface area contributed by atoms with Crippen LogP contribution in [-0.2, 0) is 11.0 Å². The molecule has 0 bridgehead atoms. The molecule has 0 radical (unpaired) electrons. The zero-order chi connectivity index (χ0) is 12.3. The van der Waals surface area contributed by atoms with Gasteiger partial charge in [-0.25, -0.2) is 8.51 Å². The number of hydrogen-bond acceptors (Lipinski definition) is 1. The molecule has 92 valence electrons. The van der Waals surface area contributed by atoms with E-state index in [1.54, 1.807) is 0 Å². The summed E-state index contributed by atoms with van der Waals surface area (Å²) in [6, 6.07) is 0.372. The van der Waals surface area contributed by atoms with Gasteiger partial charge in [0.1, 0.15) is 11.0 Å². The molecule has 2 nitrogen and oxygen atoms in total. The maximum Gasteiger partial charge on any atom is 0.122 e. The van der Waals surface area contributed by atoms with Crippen LogP contribution in [0.4, 0.5) is 0 Å². The first-order valence-electron chi connectivity index (χ1n) is 5.92. The van der Waals surface area contributed by atoms with E-state index in [-0.39, 0.29) is 0 Å². The molecule has 0 aromatic rings. The van der Waals surface area contributed by atoms with E-state index >= 15 is 0 Å². The highest BCUT2D eigenvalue weighted by molar-refractivity contribution is 7.86. The van der Waals surface area contributed by atoms with Gasteiger partial charge in [-0.1, -0.05) is 25.2 Å². The van der Waals surface area contributed by atoms with E-state index < -0.39 is 11.0 Å². The lowest BCUT2D eigenvalue weighted by molar-refractivity contribution is 0.304. The lowest BCUT2D eigenvalue weighted by Gasteiger charge is -2.31. The quantitative estimate of drug-likeness (QED) is 0.695. The zero-order valence-electron chi connectivity index (χ0n) is 10.8. The molecule has 0 spiro atoms. The summed E-state index contributed by atoms with van der Waals surface area (Å²) in [6.07, 6.45) is 5.77. The Hall–Kier alpha value is -0.410. The van der Waals surface area contributed by atoms with Crippen LogP contribution in [0.25, 0.3) is 0 Å². The Balaban J connectivity index is 2.82. The van der Waals surface area contributed by atoms with Gasteiger partial charge in [-0.05, 0) is 39.0 Å². The minimum Gasteiger partial charge on any atom is -0.238 e. The van der Waals surface area contributed by atoms with Crippen molar-refractivity contribution in [1.29, 1.82) is 0 Å². The average molecular weight is 241 g/mol. The summed E-state index contributed by atoms with van der Waals surface area (Å²) in [7, 11) is 0.903. The van der Waals surface area contributed by atoms with Crippen LogP contribution in [0.3, 0.4) is 0 Å². The summed E-state index contributed by atoms with van der Waals surface area (Å²) >= 11 is 0. The van der Waals surface area contributed by atoms with Crippen molar-refractivity contribution in [2.24, 2.45) is 5.92 Å². The van der Waals surface area contributed by atoms with Crippen molar-refractivity contribution in [3.63, 3.8) is 0 Å². The van der Waals surface area contributed by atoms with Gasteiger partial charge in [-0.15, -0.1) is 0 Å². The minimum atomic E-state index is -1.05. The van der Waals surface area contributed by atoms with Crippen molar-refractivity contribution in [3.8, 4) is 0 Å². The van der Waals surface area contributed by atoms with E-state index in [9.17, 15) is 4.21 Å². The third-order valence-corrected chi connectivity index (χ3v) is 4.88. The van der Waals surface area contributed by atoms with Crippen LogP contribution in [0.1, 0.15) is 40.0 Å². The average Bonchev–Trinajstić information content (AvgIpc) is 2.40. The smallest absolute Gasteiger partial charge is 0.122 e. The minimum absolute atomic E-state index is 0.372. The van der Waals surface area contributed by atoms with Crippen molar-refractivity contribution in [3.05, 3.63) is 23.1 Å². The SMILES string of the molecule is C=C(C)S(=O)N(C)C1CCCC=C(C)C1C. The summed E-state index contributed by atoms with van der Waals surface area (Å²) in [6.45, 7) is 10.0. The fourth-order valence-electron chi connectivity index (χ4n) is 2.26. The van der Waals surface area contributed by atoms with Crippen LogP contribution < -0.4 is 0 Å². The molecule has 0 aromatic carbocycles. The summed E-state index contributed by atoms with van der Waals surface area (Å²) in [5, 5.41) is 0. The molecule has 16 heavy (non-hydrogen) atoms. The Morgan fingerprint density at radius 3 is 2.81 bits per heavy atom. The first-order valence-corrected chi connectivity index (χ1v) is 7.02.